The molecular weight excluding hydrogens is 292 g/mol. The molecule has 118 valence electrons. The van der Waals surface area contributed by atoms with Crippen LogP contribution in [0.2, 0.25) is 0 Å². The van der Waals surface area contributed by atoms with Gasteiger partial charge in [0.2, 0.25) is 11.7 Å². The molecule has 0 unspecified atom stereocenters. The molecule has 0 saturated heterocycles. The van der Waals surface area contributed by atoms with E-state index in [2.05, 4.69) is 9.72 Å². The smallest absolute Gasteiger partial charge is 0.375 e. The number of aromatic nitrogens is 1. The summed E-state index contributed by atoms with van der Waals surface area (Å²) in [6.45, 7) is 2.12. The van der Waals surface area contributed by atoms with Crippen molar-refractivity contribution >= 4 is 17.4 Å². The number of carbonyl (C=O) groups excluding carboxylic acids is 2. The van der Waals surface area contributed by atoms with E-state index in [0.717, 1.165) is 12.8 Å². The highest BCUT2D eigenvalue weighted by molar-refractivity contribution is 6.34. The maximum Gasteiger partial charge on any atom is 0.375 e. The van der Waals surface area contributed by atoms with Crippen molar-refractivity contribution in [3.05, 3.63) is 27.9 Å². The van der Waals surface area contributed by atoms with Crippen molar-refractivity contribution in [2.24, 2.45) is 5.92 Å². The molecule has 0 bridgehead atoms. The van der Waals surface area contributed by atoms with Crippen LogP contribution in [0.4, 0.5) is 5.69 Å². The molecule has 1 saturated carbocycles. The Bertz CT molecular complexity index is 597. The maximum absolute atomic E-state index is 11.7. The van der Waals surface area contributed by atoms with Crippen molar-refractivity contribution in [2.75, 3.05) is 13.2 Å². The van der Waals surface area contributed by atoms with Crippen LogP contribution in [-0.2, 0) is 20.7 Å². The van der Waals surface area contributed by atoms with E-state index in [1.54, 1.807) is 6.92 Å². The Morgan fingerprint density at radius 1 is 1.41 bits per heavy atom. The number of ketones is 1. The molecule has 1 fully saturated rings. The fraction of sp³-hybridized carbons (Fsp3) is 0.500. The molecule has 8 heteroatoms. The standard InChI is InChI=1S/C14H16N2O6/c1-2-21-14(18)12(17)7-10-11(16(19)20)5-6-13(15-10)22-8-9-3-4-9/h5-6,9H,2-4,7-8H2,1H3. The van der Waals surface area contributed by atoms with Crippen LogP contribution in [0.5, 0.6) is 5.88 Å². The molecule has 8 nitrogen and oxygen atoms in total. The first-order valence-corrected chi connectivity index (χ1v) is 6.98. The van der Waals surface area contributed by atoms with Crippen LogP contribution in [0, 0.1) is 16.0 Å². The average molecular weight is 308 g/mol. The second-order valence-corrected chi connectivity index (χ2v) is 4.95. The van der Waals surface area contributed by atoms with E-state index in [0.29, 0.717) is 12.5 Å². The third kappa shape index (κ3) is 4.24. The molecule has 0 spiro atoms. The highest BCUT2D eigenvalue weighted by Crippen LogP contribution is 2.29. The van der Waals surface area contributed by atoms with Gasteiger partial charge < -0.3 is 9.47 Å². The highest BCUT2D eigenvalue weighted by Gasteiger charge is 2.25. The number of hydrogen-bond acceptors (Lipinski definition) is 7. The molecule has 0 aliphatic heterocycles. The number of nitro groups is 1. The quantitative estimate of drug-likeness (QED) is 0.309. The summed E-state index contributed by atoms with van der Waals surface area (Å²) in [6.07, 6.45) is 1.71. The molecule has 1 aliphatic carbocycles. The minimum Gasteiger partial charge on any atom is -0.477 e. The van der Waals surface area contributed by atoms with Crippen LogP contribution in [-0.4, -0.2) is 34.9 Å². The predicted molar refractivity (Wildman–Crippen MR) is 74.5 cm³/mol. The first kappa shape index (κ1) is 15.9. The Morgan fingerprint density at radius 2 is 2.14 bits per heavy atom. The Labute approximate surface area is 126 Å². The first-order chi connectivity index (χ1) is 10.5. The van der Waals surface area contributed by atoms with Crippen molar-refractivity contribution in [1.82, 2.24) is 4.98 Å². The number of pyridine rings is 1. The summed E-state index contributed by atoms with van der Waals surface area (Å²) in [7, 11) is 0. The molecule has 1 aromatic heterocycles. The maximum atomic E-state index is 11.7. The van der Waals surface area contributed by atoms with Gasteiger partial charge in [0, 0.05) is 12.1 Å². The van der Waals surface area contributed by atoms with Crippen molar-refractivity contribution in [2.45, 2.75) is 26.2 Å². The lowest BCUT2D eigenvalue weighted by Crippen LogP contribution is -2.20. The van der Waals surface area contributed by atoms with E-state index in [1.165, 1.54) is 12.1 Å². The van der Waals surface area contributed by atoms with Gasteiger partial charge in [0.25, 0.3) is 5.69 Å². The van der Waals surface area contributed by atoms with Gasteiger partial charge in [0.1, 0.15) is 5.69 Å². The normalized spacial score (nSPS) is 13.5. The lowest BCUT2D eigenvalue weighted by atomic mass is 10.1. The third-order valence-electron chi connectivity index (χ3n) is 3.12. The monoisotopic (exact) mass is 308 g/mol. The Balaban J connectivity index is 2.13. The van der Waals surface area contributed by atoms with Gasteiger partial charge in [-0.15, -0.1) is 0 Å². The van der Waals surface area contributed by atoms with Crippen molar-refractivity contribution < 1.29 is 24.0 Å². The number of rotatable bonds is 8. The molecule has 0 aromatic carbocycles. The summed E-state index contributed by atoms with van der Waals surface area (Å²) in [5, 5.41) is 11.0. The summed E-state index contributed by atoms with van der Waals surface area (Å²) in [5.74, 6) is -1.19. The summed E-state index contributed by atoms with van der Waals surface area (Å²) >= 11 is 0. The third-order valence-corrected chi connectivity index (χ3v) is 3.12. The average Bonchev–Trinajstić information content (AvgIpc) is 3.29. The van der Waals surface area contributed by atoms with E-state index in [9.17, 15) is 19.7 Å². The number of Topliss-reactive ketones (excluding diaryl/α,β-unsaturated/α-hetero) is 1. The molecule has 22 heavy (non-hydrogen) atoms. The lowest BCUT2D eigenvalue weighted by Gasteiger charge is -2.07. The van der Waals surface area contributed by atoms with Crippen LogP contribution < -0.4 is 4.74 Å². The van der Waals surface area contributed by atoms with Crippen LogP contribution in [0.25, 0.3) is 0 Å². The molecule has 0 N–H and O–H groups in total. The zero-order chi connectivity index (χ0) is 16.1. The van der Waals surface area contributed by atoms with Gasteiger partial charge in [-0.3, -0.25) is 14.9 Å². The van der Waals surface area contributed by atoms with Crippen molar-refractivity contribution in [3.8, 4) is 5.88 Å². The number of esters is 1. The number of ether oxygens (including phenoxy) is 2. The minimum absolute atomic E-state index is 0.0602. The SMILES string of the molecule is CCOC(=O)C(=O)Cc1nc(OCC2CC2)ccc1[N+](=O)[O-]. The molecular formula is C14H16N2O6. The highest BCUT2D eigenvalue weighted by atomic mass is 16.6. The van der Waals surface area contributed by atoms with Gasteiger partial charge in [0.05, 0.1) is 24.6 Å². The molecule has 0 atom stereocenters. The fourth-order valence-corrected chi connectivity index (χ4v) is 1.77. The van der Waals surface area contributed by atoms with E-state index >= 15 is 0 Å². The topological polar surface area (TPSA) is 109 Å². The lowest BCUT2D eigenvalue weighted by molar-refractivity contribution is -0.385. The predicted octanol–water partition coefficient (Wildman–Crippen LogP) is 1.45. The number of hydrogen-bond donors (Lipinski definition) is 0. The van der Waals surface area contributed by atoms with Gasteiger partial charge >= 0.3 is 5.97 Å². The van der Waals surface area contributed by atoms with Gasteiger partial charge in [-0.25, -0.2) is 9.78 Å². The summed E-state index contributed by atoms with van der Waals surface area (Å²) in [6, 6.07) is 2.61. The number of carbonyl (C=O) groups is 2. The van der Waals surface area contributed by atoms with Gasteiger partial charge in [0.15, 0.2) is 0 Å². The minimum atomic E-state index is -1.03. The molecule has 1 aromatic rings. The van der Waals surface area contributed by atoms with Crippen molar-refractivity contribution in [1.29, 1.82) is 0 Å². The van der Waals surface area contributed by atoms with Crippen LogP contribution in [0.15, 0.2) is 12.1 Å². The molecule has 2 rings (SSSR count). The summed E-state index contributed by atoms with van der Waals surface area (Å²) < 4.78 is 10.0. The van der Waals surface area contributed by atoms with Crippen LogP contribution in [0.1, 0.15) is 25.5 Å². The largest absolute Gasteiger partial charge is 0.477 e. The van der Waals surface area contributed by atoms with Crippen molar-refractivity contribution in [3.63, 3.8) is 0 Å². The van der Waals surface area contributed by atoms with E-state index in [4.69, 9.17) is 4.74 Å². The zero-order valence-corrected chi connectivity index (χ0v) is 12.1. The van der Waals surface area contributed by atoms with Gasteiger partial charge in [-0.2, -0.15) is 0 Å². The Morgan fingerprint density at radius 3 is 2.73 bits per heavy atom. The van der Waals surface area contributed by atoms with Crippen LogP contribution in [0.3, 0.4) is 0 Å². The van der Waals surface area contributed by atoms with E-state index < -0.39 is 23.1 Å². The van der Waals surface area contributed by atoms with E-state index in [1.807, 2.05) is 0 Å². The summed E-state index contributed by atoms with van der Waals surface area (Å²) in [5.41, 5.74) is -0.423. The molecule has 0 amide bonds. The second-order valence-electron chi connectivity index (χ2n) is 4.95. The molecule has 1 heterocycles. The zero-order valence-electron chi connectivity index (χ0n) is 12.1. The molecule has 1 aliphatic rings. The second kappa shape index (κ2) is 6.97. The summed E-state index contributed by atoms with van der Waals surface area (Å²) in [4.78, 5) is 37.3. The van der Waals surface area contributed by atoms with Gasteiger partial charge in [-0.05, 0) is 25.7 Å². The van der Waals surface area contributed by atoms with E-state index in [-0.39, 0.29) is 23.9 Å². The van der Waals surface area contributed by atoms with Crippen LogP contribution >= 0.6 is 0 Å². The Kier molecular flexibility index (Phi) is 5.03. The first-order valence-electron chi connectivity index (χ1n) is 6.98. The fourth-order valence-electron chi connectivity index (χ4n) is 1.77. The molecule has 0 radical (unpaired) electrons. The Hall–Kier alpha value is -2.51. The number of nitrogens with zero attached hydrogens (tertiary/aromatic N) is 2. The van der Waals surface area contributed by atoms with Gasteiger partial charge in [-0.1, -0.05) is 0 Å².